The molecule has 0 saturated carbocycles. The third-order valence-corrected chi connectivity index (χ3v) is 3.48. The molecular formula is C12H10N4O2S. The second kappa shape index (κ2) is 4.69. The van der Waals surface area contributed by atoms with Gasteiger partial charge in [0, 0.05) is 11.8 Å². The molecule has 0 saturated heterocycles. The molecule has 1 aromatic carbocycles. The van der Waals surface area contributed by atoms with Crippen LogP contribution in [0.15, 0.2) is 35.4 Å². The molecule has 19 heavy (non-hydrogen) atoms. The van der Waals surface area contributed by atoms with Crippen LogP contribution in [0.1, 0.15) is 0 Å². The number of fused-ring (bicyclic) bond motifs is 1. The van der Waals surface area contributed by atoms with Crippen LogP contribution in [0.25, 0.3) is 10.3 Å². The lowest BCUT2D eigenvalue weighted by Gasteiger charge is -2.04. The summed E-state index contributed by atoms with van der Waals surface area (Å²) in [7, 11) is 1.61. The van der Waals surface area contributed by atoms with Crippen LogP contribution in [-0.4, -0.2) is 22.1 Å². The van der Waals surface area contributed by atoms with Crippen LogP contribution in [-0.2, 0) is 0 Å². The topological polar surface area (TPSA) is 79.9 Å². The minimum absolute atomic E-state index is 0.179. The molecule has 3 aromatic rings. The predicted octanol–water partition coefficient (Wildman–Crippen LogP) is 2.13. The van der Waals surface area contributed by atoms with E-state index in [9.17, 15) is 4.79 Å². The quantitative estimate of drug-likeness (QED) is 0.764. The Kier molecular flexibility index (Phi) is 2.88. The lowest BCUT2D eigenvalue weighted by molar-refractivity contribution is 0.415. The van der Waals surface area contributed by atoms with Gasteiger partial charge in [-0.15, -0.1) is 0 Å². The van der Waals surface area contributed by atoms with E-state index >= 15 is 0 Å². The van der Waals surface area contributed by atoms with Crippen molar-refractivity contribution >= 4 is 32.5 Å². The molecule has 2 N–H and O–H groups in total. The molecular weight excluding hydrogens is 264 g/mol. The largest absolute Gasteiger partial charge is 0.497 e. The number of benzene rings is 1. The van der Waals surface area contributed by atoms with Gasteiger partial charge in [-0.05, 0) is 12.1 Å². The number of aromatic nitrogens is 3. The molecule has 2 heterocycles. The van der Waals surface area contributed by atoms with E-state index in [1.54, 1.807) is 7.11 Å². The summed E-state index contributed by atoms with van der Waals surface area (Å²) in [4.78, 5) is 22.4. The number of methoxy groups -OCH3 is 1. The molecule has 6 nitrogen and oxygen atoms in total. The molecule has 0 spiro atoms. The highest BCUT2D eigenvalue weighted by Gasteiger charge is 2.08. The lowest BCUT2D eigenvalue weighted by Crippen LogP contribution is -2.03. The molecule has 2 aromatic heterocycles. The summed E-state index contributed by atoms with van der Waals surface area (Å²) < 4.78 is 5.65. The van der Waals surface area contributed by atoms with E-state index in [1.807, 2.05) is 24.3 Å². The Hall–Kier alpha value is -2.41. The predicted molar refractivity (Wildman–Crippen MR) is 74.3 cm³/mol. The van der Waals surface area contributed by atoms with Gasteiger partial charge < -0.3 is 15.0 Å². The lowest BCUT2D eigenvalue weighted by atomic mass is 10.3. The van der Waals surface area contributed by atoms with Crippen molar-refractivity contribution in [3.63, 3.8) is 0 Å². The van der Waals surface area contributed by atoms with Crippen molar-refractivity contribution in [3.05, 3.63) is 40.9 Å². The Morgan fingerprint density at radius 2 is 2.32 bits per heavy atom. The standard InChI is InChI=1S/C12H10N4O2S/c1-18-8-4-2-3-7(5-8)15-12-16-10-9(19-12)11(17)14-6-13-10/h2-6H,1H3,(H2,13,14,15,16,17). The molecule has 0 radical (unpaired) electrons. The number of anilines is 2. The number of nitrogens with one attached hydrogen (secondary N) is 2. The molecule has 3 rings (SSSR count). The summed E-state index contributed by atoms with van der Waals surface area (Å²) in [5.74, 6) is 0.752. The summed E-state index contributed by atoms with van der Waals surface area (Å²) in [6.07, 6.45) is 1.35. The fourth-order valence-electron chi connectivity index (χ4n) is 1.64. The van der Waals surface area contributed by atoms with Crippen LogP contribution in [0.5, 0.6) is 5.75 Å². The van der Waals surface area contributed by atoms with Crippen molar-refractivity contribution in [1.29, 1.82) is 0 Å². The first-order valence-electron chi connectivity index (χ1n) is 5.51. The normalized spacial score (nSPS) is 10.6. The van der Waals surface area contributed by atoms with Gasteiger partial charge >= 0.3 is 0 Å². The number of aromatic amines is 1. The SMILES string of the molecule is COc1cccc(Nc2nc3nc[nH]c(=O)c3s2)c1. The zero-order valence-electron chi connectivity index (χ0n) is 10.0. The molecule has 0 fully saturated rings. The van der Waals surface area contributed by atoms with Gasteiger partial charge in [-0.1, -0.05) is 17.4 Å². The molecule has 0 amide bonds. The first-order valence-corrected chi connectivity index (χ1v) is 6.33. The Balaban J connectivity index is 1.96. The van der Waals surface area contributed by atoms with Crippen molar-refractivity contribution in [2.45, 2.75) is 0 Å². The Bertz CT molecular complexity index is 780. The highest BCUT2D eigenvalue weighted by atomic mass is 32.1. The van der Waals surface area contributed by atoms with Gasteiger partial charge in [0.2, 0.25) is 0 Å². The molecule has 7 heteroatoms. The Morgan fingerprint density at radius 3 is 3.11 bits per heavy atom. The highest BCUT2D eigenvalue weighted by Crippen LogP contribution is 2.26. The molecule has 0 unspecified atom stereocenters. The van der Waals surface area contributed by atoms with E-state index in [4.69, 9.17) is 4.74 Å². The van der Waals surface area contributed by atoms with Crippen molar-refractivity contribution in [1.82, 2.24) is 15.0 Å². The number of nitrogens with zero attached hydrogens (tertiary/aromatic N) is 2. The zero-order chi connectivity index (χ0) is 13.2. The minimum Gasteiger partial charge on any atom is -0.497 e. The number of ether oxygens (including phenoxy) is 1. The van der Waals surface area contributed by atoms with Crippen molar-refractivity contribution < 1.29 is 4.74 Å². The van der Waals surface area contributed by atoms with Crippen LogP contribution < -0.4 is 15.6 Å². The summed E-state index contributed by atoms with van der Waals surface area (Å²) in [5, 5.41) is 3.75. The molecule has 96 valence electrons. The maximum absolute atomic E-state index is 11.6. The minimum atomic E-state index is -0.179. The molecule has 0 aliphatic carbocycles. The van der Waals surface area contributed by atoms with Gasteiger partial charge in [0.15, 0.2) is 10.8 Å². The highest BCUT2D eigenvalue weighted by molar-refractivity contribution is 7.22. The van der Waals surface area contributed by atoms with Gasteiger partial charge in [-0.2, -0.15) is 4.98 Å². The third kappa shape index (κ3) is 2.27. The molecule has 0 aliphatic rings. The van der Waals surface area contributed by atoms with Crippen LogP contribution in [0.2, 0.25) is 0 Å². The second-order valence-electron chi connectivity index (χ2n) is 3.76. The van der Waals surface area contributed by atoms with Gasteiger partial charge in [0.05, 0.1) is 13.4 Å². The summed E-state index contributed by atoms with van der Waals surface area (Å²) in [6.45, 7) is 0. The van der Waals surface area contributed by atoms with E-state index in [-0.39, 0.29) is 5.56 Å². The molecule has 0 aliphatic heterocycles. The summed E-state index contributed by atoms with van der Waals surface area (Å²) >= 11 is 1.26. The van der Waals surface area contributed by atoms with Crippen LogP contribution >= 0.6 is 11.3 Å². The fourth-order valence-corrected chi connectivity index (χ4v) is 2.48. The average molecular weight is 274 g/mol. The zero-order valence-corrected chi connectivity index (χ0v) is 10.8. The smallest absolute Gasteiger partial charge is 0.270 e. The summed E-state index contributed by atoms with van der Waals surface area (Å²) in [5.41, 5.74) is 1.11. The number of H-pyrrole nitrogens is 1. The van der Waals surface area contributed by atoms with E-state index in [1.165, 1.54) is 17.7 Å². The van der Waals surface area contributed by atoms with Crippen LogP contribution in [0.4, 0.5) is 10.8 Å². The molecule has 0 bridgehead atoms. The number of hydrogen-bond acceptors (Lipinski definition) is 6. The maximum Gasteiger partial charge on any atom is 0.270 e. The van der Waals surface area contributed by atoms with Crippen molar-refractivity contribution in [2.75, 3.05) is 12.4 Å². The summed E-state index contributed by atoms with van der Waals surface area (Å²) in [6, 6.07) is 7.48. The van der Waals surface area contributed by atoms with E-state index in [0.29, 0.717) is 15.5 Å². The number of rotatable bonds is 3. The average Bonchev–Trinajstić information content (AvgIpc) is 2.83. The van der Waals surface area contributed by atoms with E-state index < -0.39 is 0 Å². The van der Waals surface area contributed by atoms with Crippen LogP contribution in [0.3, 0.4) is 0 Å². The monoisotopic (exact) mass is 274 g/mol. The first-order chi connectivity index (χ1) is 9.26. The van der Waals surface area contributed by atoms with E-state index in [0.717, 1.165) is 11.4 Å². The maximum atomic E-state index is 11.6. The first kappa shape index (κ1) is 11.7. The van der Waals surface area contributed by atoms with Crippen LogP contribution in [0, 0.1) is 0 Å². The van der Waals surface area contributed by atoms with Crippen molar-refractivity contribution in [2.24, 2.45) is 0 Å². The van der Waals surface area contributed by atoms with Gasteiger partial charge in [0.25, 0.3) is 5.56 Å². The fraction of sp³-hybridized carbons (Fsp3) is 0.0833. The molecule has 0 atom stereocenters. The Morgan fingerprint density at radius 1 is 1.42 bits per heavy atom. The number of hydrogen-bond donors (Lipinski definition) is 2. The van der Waals surface area contributed by atoms with E-state index in [2.05, 4.69) is 20.3 Å². The Labute approximate surface area is 112 Å². The third-order valence-electron chi connectivity index (χ3n) is 2.52. The van der Waals surface area contributed by atoms with Gasteiger partial charge in [-0.25, -0.2) is 4.98 Å². The number of thiazole rings is 1. The van der Waals surface area contributed by atoms with Gasteiger partial charge in [-0.3, -0.25) is 4.79 Å². The second-order valence-corrected chi connectivity index (χ2v) is 4.76. The van der Waals surface area contributed by atoms with Crippen molar-refractivity contribution in [3.8, 4) is 5.75 Å². The van der Waals surface area contributed by atoms with Gasteiger partial charge in [0.1, 0.15) is 10.4 Å².